The van der Waals surface area contributed by atoms with Crippen LogP contribution in [0.25, 0.3) is 0 Å². The van der Waals surface area contributed by atoms with Gasteiger partial charge in [0.25, 0.3) is 0 Å². The van der Waals surface area contributed by atoms with Gasteiger partial charge >= 0.3 is 0 Å². The van der Waals surface area contributed by atoms with Crippen molar-refractivity contribution >= 4 is 5.91 Å². The van der Waals surface area contributed by atoms with E-state index in [4.69, 9.17) is 5.73 Å². The zero-order valence-corrected chi connectivity index (χ0v) is 11.2. The summed E-state index contributed by atoms with van der Waals surface area (Å²) in [5, 5.41) is 3.16. The minimum absolute atomic E-state index is 0.204. The van der Waals surface area contributed by atoms with Gasteiger partial charge in [-0.25, -0.2) is 0 Å². The summed E-state index contributed by atoms with van der Waals surface area (Å²) < 4.78 is 0. The van der Waals surface area contributed by atoms with E-state index in [2.05, 4.69) is 12.2 Å². The average molecular weight is 240 g/mol. The Balaban J connectivity index is 2.21. The van der Waals surface area contributed by atoms with Crippen LogP contribution in [0, 0.1) is 5.92 Å². The molecule has 1 rings (SSSR count). The first-order valence-electron chi connectivity index (χ1n) is 7.23. The third-order valence-corrected chi connectivity index (χ3v) is 3.85. The first-order valence-corrected chi connectivity index (χ1v) is 7.23. The zero-order chi connectivity index (χ0) is 12.5. The van der Waals surface area contributed by atoms with Gasteiger partial charge in [-0.05, 0) is 45.1 Å². The van der Waals surface area contributed by atoms with Crippen LogP contribution in [0.4, 0.5) is 0 Å². The van der Waals surface area contributed by atoms with E-state index in [-0.39, 0.29) is 5.91 Å². The van der Waals surface area contributed by atoms with Crippen molar-refractivity contribution in [2.75, 3.05) is 6.54 Å². The predicted octanol–water partition coefficient (Wildman–Crippen LogP) is 2.59. The Morgan fingerprint density at radius 3 is 2.47 bits per heavy atom. The van der Waals surface area contributed by atoms with Crippen molar-refractivity contribution < 1.29 is 4.79 Å². The first-order chi connectivity index (χ1) is 8.24. The predicted molar refractivity (Wildman–Crippen MR) is 71.7 cm³/mol. The van der Waals surface area contributed by atoms with Crippen LogP contribution in [0.2, 0.25) is 0 Å². The highest BCUT2D eigenvalue weighted by Gasteiger charge is 2.20. The molecule has 0 heterocycles. The van der Waals surface area contributed by atoms with Crippen LogP contribution < -0.4 is 11.1 Å². The number of unbranched alkanes of at least 4 members (excludes halogenated alkanes) is 1. The SMILES string of the molecule is C[C@@H](NC(=O)CCCCN)C1CCCCCC1. The maximum Gasteiger partial charge on any atom is 0.220 e. The molecule has 0 unspecified atom stereocenters. The Hall–Kier alpha value is -0.570. The van der Waals surface area contributed by atoms with Gasteiger partial charge in [0.05, 0.1) is 0 Å². The Labute approximate surface area is 106 Å². The van der Waals surface area contributed by atoms with Crippen molar-refractivity contribution in [1.82, 2.24) is 5.32 Å². The van der Waals surface area contributed by atoms with Crippen LogP contribution in [0.3, 0.4) is 0 Å². The van der Waals surface area contributed by atoms with Crippen LogP contribution in [0.5, 0.6) is 0 Å². The van der Waals surface area contributed by atoms with E-state index in [9.17, 15) is 4.79 Å². The zero-order valence-electron chi connectivity index (χ0n) is 11.2. The molecule has 100 valence electrons. The number of carbonyl (C=O) groups is 1. The maximum atomic E-state index is 11.7. The van der Waals surface area contributed by atoms with Crippen LogP contribution in [0.1, 0.15) is 64.7 Å². The fourth-order valence-electron chi connectivity index (χ4n) is 2.68. The van der Waals surface area contributed by atoms with E-state index in [0.717, 1.165) is 12.8 Å². The molecule has 3 N–H and O–H groups in total. The van der Waals surface area contributed by atoms with Gasteiger partial charge in [0.15, 0.2) is 0 Å². The highest BCUT2D eigenvalue weighted by atomic mass is 16.1. The lowest BCUT2D eigenvalue weighted by Gasteiger charge is -2.23. The highest BCUT2D eigenvalue weighted by Crippen LogP contribution is 2.25. The topological polar surface area (TPSA) is 55.1 Å². The number of carbonyl (C=O) groups excluding carboxylic acids is 1. The molecule has 0 spiro atoms. The van der Waals surface area contributed by atoms with Crippen molar-refractivity contribution in [2.45, 2.75) is 70.8 Å². The molecule has 0 saturated heterocycles. The molecule has 1 fully saturated rings. The van der Waals surface area contributed by atoms with Gasteiger partial charge in [-0.3, -0.25) is 4.79 Å². The second-order valence-electron chi connectivity index (χ2n) is 5.35. The smallest absolute Gasteiger partial charge is 0.220 e. The summed E-state index contributed by atoms with van der Waals surface area (Å²) in [5.74, 6) is 0.895. The minimum Gasteiger partial charge on any atom is -0.353 e. The minimum atomic E-state index is 0.204. The molecule has 0 aromatic rings. The molecule has 3 nitrogen and oxygen atoms in total. The summed E-state index contributed by atoms with van der Waals surface area (Å²) in [7, 11) is 0. The summed E-state index contributed by atoms with van der Waals surface area (Å²) in [6, 6.07) is 0.346. The van der Waals surface area contributed by atoms with Crippen LogP contribution in [0.15, 0.2) is 0 Å². The Bertz CT molecular complexity index is 210. The number of nitrogens with two attached hydrogens (primary N) is 1. The Kier molecular flexibility index (Phi) is 7.25. The Morgan fingerprint density at radius 1 is 1.24 bits per heavy atom. The second-order valence-corrected chi connectivity index (χ2v) is 5.35. The number of nitrogens with one attached hydrogen (secondary N) is 1. The van der Waals surface area contributed by atoms with Gasteiger partial charge in [0.1, 0.15) is 0 Å². The molecular weight excluding hydrogens is 212 g/mol. The molecular formula is C14H28N2O. The average Bonchev–Trinajstić information content (AvgIpc) is 2.57. The Morgan fingerprint density at radius 2 is 1.88 bits per heavy atom. The lowest BCUT2D eigenvalue weighted by molar-refractivity contribution is -0.122. The molecule has 3 heteroatoms. The number of rotatable bonds is 6. The van der Waals surface area contributed by atoms with Gasteiger partial charge in [0, 0.05) is 12.5 Å². The van der Waals surface area contributed by atoms with Crippen molar-refractivity contribution in [3.63, 3.8) is 0 Å². The maximum absolute atomic E-state index is 11.7. The lowest BCUT2D eigenvalue weighted by Crippen LogP contribution is -2.37. The molecule has 0 aliphatic heterocycles. The van der Waals surface area contributed by atoms with Crippen molar-refractivity contribution in [3.05, 3.63) is 0 Å². The monoisotopic (exact) mass is 240 g/mol. The summed E-state index contributed by atoms with van der Waals surface area (Å²) >= 11 is 0. The van der Waals surface area contributed by atoms with Crippen molar-refractivity contribution in [1.29, 1.82) is 0 Å². The largest absolute Gasteiger partial charge is 0.353 e. The summed E-state index contributed by atoms with van der Waals surface area (Å²) in [6.45, 7) is 2.85. The molecule has 1 amide bonds. The van der Waals surface area contributed by atoms with Gasteiger partial charge in [0.2, 0.25) is 5.91 Å². The molecule has 0 bridgehead atoms. The molecule has 0 aromatic heterocycles. The highest BCUT2D eigenvalue weighted by molar-refractivity contribution is 5.76. The van der Waals surface area contributed by atoms with Crippen molar-refractivity contribution in [3.8, 4) is 0 Å². The normalized spacial score (nSPS) is 19.6. The van der Waals surface area contributed by atoms with E-state index in [1.807, 2.05) is 0 Å². The molecule has 1 atom stereocenters. The van der Waals surface area contributed by atoms with E-state index in [0.29, 0.717) is 24.9 Å². The van der Waals surface area contributed by atoms with E-state index >= 15 is 0 Å². The van der Waals surface area contributed by atoms with E-state index in [1.54, 1.807) is 0 Å². The molecule has 1 aliphatic rings. The molecule has 0 radical (unpaired) electrons. The van der Waals surface area contributed by atoms with E-state index < -0.39 is 0 Å². The fraction of sp³-hybridized carbons (Fsp3) is 0.929. The van der Waals surface area contributed by atoms with Crippen LogP contribution in [-0.2, 0) is 4.79 Å². The molecule has 0 aromatic carbocycles. The summed E-state index contributed by atoms with van der Waals surface area (Å²) in [5.41, 5.74) is 5.42. The second kappa shape index (κ2) is 8.51. The third kappa shape index (κ3) is 6.06. The van der Waals surface area contributed by atoms with Gasteiger partial charge in [-0.15, -0.1) is 0 Å². The standard InChI is InChI=1S/C14H28N2O/c1-12(13-8-4-2-3-5-9-13)16-14(17)10-6-7-11-15/h12-13H,2-11,15H2,1H3,(H,16,17)/t12-/m1/s1. The van der Waals surface area contributed by atoms with Crippen LogP contribution >= 0.6 is 0 Å². The number of hydrogen-bond donors (Lipinski definition) is 2. The quantitative estimate of drug-likeness (QED) is 0.554. The summed E-state index contributed by atoms with van der Waals surface area (Å²) in [4.78, 5) is 11.7. The van der Waals surface area contributed by atoms with Gasteiger partial charge in [-0.2, -0.15) is 0 Å². The fourth-order valence-corrected chi connectivity index (χ4v) is 2.68. The first kappa shape index (κ1) is 14.5. The molecule has 1 saturated carbocycles. The third-order valence-electron chi connectivity index (χ3n) is 3.85. The number of hydrogen-bond acceptors (Lipinski definition) is 2. The van der Waals surface area contributed by atoms with Crippen molar-refractivity contribution in [2.24, 2.45) is 11.7 Å². The lowest BCUT2D eigenvalue weighted by atomic mass is 9.93. The molecule has 17 heavy (non-hydrogen) atoms. The summed E-state index contributed by atoms with van der Waals surface area (Å²) in [6.07, 6.45) is 10.5. The van der Waals surface area contributed by atoms with Gasteiger partial charge < -0.3 is 11.1 Å². The van der Waals surface area contributed by atoms with Gasteiger partial charge in [-0.1, -0.05) is 25.7 Å². The van der Waals surface area contributed by atoms with E-state index in [1.165, 1.54) is 38.5 Å². The van der Waals surface area contributed by atoms with Crippen LogP contribution in [-0.4, -0.2) is 18.5 Å². The number of amides is 1. The molecule has 1 aliphatic carbocycles.